The first-order chi connectivity index (χ1) is 7.69. The molecule has 2 aliphatic heterocycles. The standard InChI is InChI=1S/C12H24N2S2/c1-10-8-14(5-7-15-10)12(9-13)4-3-6-16-11(12)2/h10-11H,3-9,13H2,1-2H3. The minimum absolute atomic E-state index is 0.290. The van der Waals surface area contributed by atoms with Crippen LogP contribution in [0.1, 0.15) is 26.7 Å². The van der Waals surface area contributed by atoms with Gasteiger partial charge in [0.2, 0.25) is 0 Å². The zero-order valence-corrected chi connectivity index (χ0v) is 12.1. The van der Waals surface area contributed by atoms with Gasteiger partial charge < -0.3 is 5.73 Å². The Morgan fingerprint density at radius 1 is 1.31 bits per heavy atom. The summed E-state index contributed by atoms with van der Waals surface area (Å²) in [6, 6.07) is 0. The monoisotopic (exact) mass is 260 g/mol. The Morgan fingerprint density at radius 2 is 2.12 bits per heavy atom. The molecule has 3 unspecified atom stereocenters. The van der Waals surface area contributed by atoms with Gasteiger partial charge in [-0.15, -0.1) is 0 Å². The van der Waals surface area contributed by atoms with Crippen LogP contribution in [0, 0.1) is 0 Å². The SMILES string of the molecule is CC1CN(C2(CN)CCCSC2C)CCS1. The summed E-state index contributed by atoms with van der Waals surface area (Å²) in [5, 5.41) is 1.47. The van der Waals surface area contributed by atoms with Gasteiger partial charge in [-0.1, -0.05) is 13.8 Å². The summed E-state index contributed by atoms with van der Waals surface area (Å²) >= 11 is 4.22. The summed E-state index contributed by atoms with van der Waals surface area (Å²) in [6.45, 7) is 8.02. The van der Waals surface area contributed by atoms with Gasteiger partial charge in [0.1, 0.15) is 0 Å². The average Bonchev–Trinajstić information content (AvgIpc) is 2.30. The van der Waals surface area contributed by atoms with E-state index in [4.69, 9.17) is 5.73 Å². The first-order valence-electron chi connectivity index (χ1n) is 6.37. The second-order valence-electron chi connectivity index (χ2n) is 5.05. The van der Waals surface area contributed by atoms with E-state index in [1.54, 1.807) is 0 Å². The van der Waals surface area contributed by atoms with Gasteiger partial charge in [0.25, 0.3) is 0 Å². The van der Waals surface area contributed by atoms with Crippen molar-refractivity contribution < 1.29 is 0 Å². The van der Waals surface area contributed by atoms with E-state index in [0.717, 1.165) is 11.8 Å². The molecule has 0 amide bonds. The number of thioether (sulfide) groups is 2. The van der Waals surface area contributed by atoms with Crippen LogP contribution >= 0.6 is 23.5 Å². The van der Waals surface area contributed by atoms with E-state index < -0.39 is 0 Å². The summed E-state index contributed by atoms with van der Waals surface area (Å²) in [5.41, 5.74) is 6.43. The predicted molar refractivity (Wildman–Crippen MR) is 76.4 cm³/mol. The van der Waals surface area contributed by atoms with Gasteiger partial charge in [-0.2, -0.15) is 23.5 Å². The van der Waals surface area contributed by atoms with Crippen molar-refractivity contribution in [2.24, 2.45) is 5.73 Å². The molecule has 2 heterocycles. The Balaban J connectivity index is 2.12. The summed E-state index contributed by atoms with van der Waals surface area (Å²) in [6.07, 6.45) is 2.64. The zero-order valence-electron chi connectivity index (χ0n) is 10.4. The molecule has 0 aromatic carbocycles. The lowest BCUT2D eigenvalue weighted by molar-refractivity contribution is 0.0867. The second-order valence-corrected chi connectivity index (χ2v) is 8.05. The highest BCUT2D eigenvalue weighted by Crippen LogP contribution is 2.39. The molecule has 94 valence electrons. The van der Waals surface area contributed by atoms with Crippen LogP contribution in [0.2, 0.25) is 0 Å². The smallest absolute Gasteiger partial charge is 0.0448 e. The minimum atomic E-state index is 0.290. The summed E-state index contributed by atoms with van der Waals surface area (Å²) < 4.78 is 0. The molecule has 0 aromatic rings. The highest BCUT2D eigenvalue weighted by atomic mass is 32.2. The van der Waals surface area contributed by atoms with E-state index in [1.165, 1.54) is 37.4 Å². The van der Waals surface area contributed by atoms with Crippen LogP contribution < -0.4 is 5.73 Å². The van der Waals surface area contributed by atoms with E-state index in [0.29, 0.717) is 5.25 Å². The molecule has 0 aromatic heterocycles. The molecule has 2 aliphatic rings. The molecule has 2 N–H and O–H groups in total. The van der Waals surface area contributed by atoms with Crippen LogP contribution in [-0.2, 0) is 0 Å². The zero-order chi connectivity index (χ0) is 11.6. The van der Waals surface area contributed by atoms with Crippen LogP contribution in [0.5, 0.6) is 0 Å². The fourth-order valence-corrected chi connectivity index (χ4v) is 5.38. The fraction of sp³-hybridized carbons (Fsp3) is 1.00. The number of hydrogen-bond acceptors (Lipinski definition) is 4. The molecule has 16 heavy (non-hydrogen) atoms. The Morgan fingerprint density at radius 3 is 2.75 bits per heavy atom. The van der Waals surface area contributed by atoms with Gasteiger partial charge in [0.05, 0.1) is 0 Å². The topological polar surface area (TPSA) is 29.3 Å². The largest absolute Gasteiger partial charge is 0.329 e. The molecular formula is C12H24N2S2. The van der Waals surface area contributed by atoms with Crippen molar-refractivity contribution in [3.63, 3.8) is 0 Å². The second kappa shape index (κ2) is 5.51. The molecule has 0 saturated carbocycles. The Labute approximate surface area is 108 Å². The van der Waals surface area contributed by atoms with Crippen LogP contribution in [0.15, 0.2) is 0 Å². The Kier molecular flexibility index (Phi) is 4.50. The molecule has 0 bridgehead atoms. The molecule has 0 aliphatic carbocycles. The lowest BCUT2D eigenvalue weighted by Gasteiger charge is -2.51. The number of hydrogen-bond donors (Lipinski definition) is 1. The number of rotatable bonds is 2. The molecule has 2 nitrogen and oxygen atoms in total. The van der Waals surface area contributed by atoms with E-state index >= 15 is 0 Å². The summed E-state index contributed by atoms with van der Waals surface area (Å²) in [7, 11) is 0. The molecule has 2 rings (SSSR count). The molecular weight excluding hydrogens is 236 g/mol. The van der Waals surface area contributed by atoms with Crippen molar-refractivity contribution in [2.75, 3.05) is 31.1 Å². The molecule has 0 spiro atoms. The summed E-state index contributed by atoms with van der Waals surface area (Å²) in [5.74, 6) is 2.60. The average molecular weight is 260 g/mol. The van der Waals surface area contributed by atoms with Gasteiger partial charge in [-0.05, 0) is 18.6 Å². The van der Waals surface area contributed by atoms with Crippen LogP contribution in [0.4, 0.5) is 0 Å². The fourth-order valence-electron chi connectivity index (χ4n) is 3.03. The Hall–Kier alpha value is 0.620. The third-order valence-corrected chi connectivity index (χ3v) is 6.70. The van der Waals surface area contributed by atoms with Crippen molar-refractivity contribution in [3.8, 4) is 0 Å². The maximum atomic E-state index is 6.14. The summed E-state index contributed by atoms with van der Waals surface area (Å²) in [4.78, 5) is 2.70. The molecule has 2 saturated heterocycles. The van der Waals surface area contributed by atoms with Crippen molar-refractivity contribution >= 4 is 23.5 Å². The maximum absolute atomic E-state index is 6.14. The number of nitrogens with two attached hydrogens (primary N) is 1. The van der Waals surface area contributed by atoms with Crippen molar-refractivity contribution in [2.45, 2.75) is 42.7 Å². The predicted octanol–water partition coefficient (Wildman–Crippen LogP) is 2.04. The highest BCUT2D eigenvalue weighted by Gasteiger charge is 2.43. The van der Waals surface area contributed by atoms with E-state index in [9.17, 15) is 0 Å². The molecule has 4 heteroatoms. The van der Waals surface area contributed by atoms with Gasteiger partial charge in [-0.25, -0.2) is 0 Å². The lowest BCUT2D eigenvalue weighted by Crippen LogP contribution is -2.63. The van der Waals surface area contributed by atoms with Crippen molar-refractivity contribution in [3.05, 3.63) is 0 Å². The first-order valence-corrected chi connectivity index (χ1v) is 8.47. The van der Waals surface area contributed by atoms with Gasteiger partial charge in [0.15, 0.2) is 0 Å². The van der Waals surface area contributed by atoms with Crippen LogP contribution in [0.3, 0.4) is 0 Å². The lowest BCUT2D eigenvalue weighted by atomic mass is 9.87. The van der Waals surface area contributed by atoms with Crippen molar-refractivity contribution in [1.82, 2.24) is 4.90 Å². The first kappa shape index (κ1) is 13.1. The van der Waals surface area contributed by atoms with Gasteiger partial charge >= 0.3 is 0 Å². The maximum Gasteiger partial charge on any atom is 0.0448 e. The quantitative estimate of drug-likeness (QED) is 0.823. The number of nitrogens with zero attached hydrogens (tertiary/aromatic N) is 1. The third kappa shape index (κ3) is 2.40. The van der Waals surface area contributed by atoms with Crippen LogP contribution in [-0.4, -0.2) is 52.1 Å². The van der Waals surface area contributed by atoms with Gasteiger partial charge in [0, 0.05) is 41.4 Å². The van der Waals surface area contributed by atoms with E-state index in [-0.39, 0.29) is 5.54 Å². The van der Waals surface area contributed by atoms with Crippen LogP contribution in [0.25, 0.3) is 0 Å². The van der Waals surface area contributed by atoms with Crippen molar-refractivity contribution in [1.29, 1.82) is 0 Å². The molecule has 2 fully saturated rings. The highest BCUT2D eigenvalue weighted by molar-refractivity contribution is 8.00. The third-order valence-electron chi connectivity index (χ3n) is 4.10. The van der Waals surface area contributed by atoms with E-state index in [2.05, 4.69) is 42.3 Å². The normalized spacial score (nSPS) is 42.2. The Bertz CT molecular complexity index is 237. The minimum Gasteiger partial charge on any atom is -0.329 e. The van der Waals surface area contributed by atoms with E-state index in [1.807, 2.05) is 0 Å². The molecule has 0 radical (unpaired) electrons. The van der Waals surface area contributed by atoms with Gasteiger partial charge in [-0.3, -0.25) is 4.90 Å². The molecule has 3 atom stereocenters.